The maximum Gasteiger partial charge on any atom is 0.236 e. The van der Waals surface area contributed by atoms with Crippen LogP contribution in [0.1, 0.15) is 0 Å². The third-order valence-corrected chi connectivity index (χ3v) is 2.17. The molecule has 2 nitrogen and oxygen atoms in total. The lowest BCUT2D eigenvalue weighted by Gasteiger charge is -1.90. The second kappa shape index (κ2) is 2.57. The minimum atomic E-state index is -0.0998. The molecule has 0 saturated carbocycles. The summed E-state index contributed by atoms with van der Waals surface area (Å²) in [7, 11) is 0. The summed E-state index contributed by atoms with van der Waals surface area (Å²) in [5.41, 5.74) is 0.491. The Labute approximate surface area is 78.3 Å². The predicted molar refractivity (Wildman–Crippen MR) is 47.9 cm³/mol. The van der Waals surface area contributed by atoms with Crippen molar-refractivity contribution in [3.63, 3.8) is 0 Å². The number of aromatic hydroxyl groups is 1. The van der Waals surface area contributed by atoms with Gasteiger partial charge in [0.05, 0.1) is 10.4 Å². The smallest absolute Gasteiger partial charge is 0.236 e. The molecule has 0 unspecified atom stereocenters. The number of hydrogen-bond acceptors (Lipinski definition) is 2. The highest BCUT2D eigenvalue weighted by Gasteiger charge is 2.13. The molecule has 0 bridgehead atoms. The van der Waals surface area contributed by atoms with Crippen molar-refractivity contribution >= 4 is 34.2 Å². The van der Waals surface area contributed by atoms with E-state index in [1.54, 1.807) is 18.2 Å². The van der Waals surface area contributed by atoms with E-state index >= 15 is 0 Å². The molecule has 12 heavy (non-hydrogen) atoms. The van der Waals surface area contributed by atoms with Gasteiger partial charge in [0.15, 0.2) is 5.75 Å². The van der Waals surface area contributed by atoms with Crippen LogP contribution in [0.3, 0.4) is 0 Å². The Morgan fingerprint density at radius 2 is 2.00 bits per heavy atom. The van der Waals surface area contributed by atoms with Gasteiger partial charge in [0, 0.05) is 0 Å². The second-order valence-electron chi connectivity index (χ2n) is 2.34. The predicted octanol–water partition coefficient (Wildman–Crippen LogP) is 3.45. The van der Waals surface area contributed by atoms with E-state index in [0.29, 0.717) is 16.0 Å². The molecule has 1 N–H and O–H groups in total. The largest absolute Gasteiger partial charge is 0.503 e. The van der Waals surface area contributed by atoms with Crippen LogP contribution in [0.25, 0.3) is 11.0 Å². The fourth-order valence-electron chi connectivity index (χ4n) is 1.06. The summed E-state index contributed by atoms with van der Waals surface area (Å²) in [4.78, 5) is 0. The number of benzene rings is 1. The van der Waals surface area contributed by atoms with Gasteiger partial charge < -0.3 is 9.52 Å². The number of rotatable bonds is 0. The standard InChI is InChI=1S/C8H4Cl2O2/c9-4-2-1-3-5-6(4)7(11)8(10)12-5/h1-3,11H. The SMILES string of the molecule is Oc1c(Cl)oc2cccc(Cl)c12. The topological polar surface area (TPSA) is 33.4 Å². The maximum atomic E-state index is 9.37. The Hall–Kier alpha value is -0.860. The first-order valence-corrected chi connectivity index (χ1v) is 4.01. The molecule has 0 atom stereocenters. The Morgan fingerprint density at radius 3 is 2.67 bits per heavy atom. The molecule has 2 aromatic rings. The zero-order valence-corrected chi connectivity index (χ0v) is 7.36. The molecule has 2 rings (SSSR count). The molecule has 0 amide bonds. The van der Waals surface area contributed by atoms with E-state index in [0.717, 1.165) is 0 Å². The monoisotopic (exact) mass is 202 g/mol. The van der Waals surface area contributed by atoms with Crippen molar-refractivity contribution in [2.75, 3.05) is 0 Å². The van der Waals surface area contributed by atoms with Crippen molar-refractivity contribution in [1.29, 1.82) is 0 Å². The minimum Gasteiger partial charge on any atom is -0.503 e. The van der Waals surface area contributed by atoms with Crippen molar-refractivity contribution in [2.45, 2.75) is 0 Å². The summed E-state index contributed by atoms with van der Waals surface area (Å²) >= 11 is 11.3. The van der Waals surface area contributed by atoms with E-state index in [1.165, 1.54) is 0 Å². The van der Waals surface area contributed by atoms with Crippen LogP contribution in [0.4, 0.5) is 0 Å². The van der Waals surface area contributed by atoms with E-state index in [9.17, 15) is 5.11 Å². The van der Waals surface area contributed by atoms with Gasteiger partial charge in [0.25, 0.3) is 0 Å². The van der Waals surface area contributed by atoms with Crippen LogP contribution in [0, 0.1) is 0 Å². The second-order valence-corrected chi connectivity index (χ2v) is 3.09. The van der Waals surface area contributed by atoms with Gasteiger partial charge in [-0.1, -0.05) is 17.7 Å². The van der Waals surface area contributed by atoms with Crippen LogP contribution in [-0.4, -0.2) is 5.11 Å². The van der Waals surface area contributed by atoms with Crippen molar-refractivity contribution in [1.82, 2.24) is 0 Å². The first-order valence-electron chi connectivity index (χ1n) is 3.25. The molecule has 62 valence electrons. The number of fused-ring (bicyclic) bond motifs is 1. The summed E-state index contributed by atoms with van der Waals surface area (Å²) in [6.45, 7) is 0. The van der Waals surface area contributed by atoms with E-state index < -0.39 is 0 Å². The summed E-state index contributed by atoms with van der Waals surface area (Å²) in [5.74, 6) is -0.0998. The van der Waals surface area contributed by atoms with Crippen molar-refractivity contribution in [2.24, 2.45) is 0 Å². The average molecular weight is 203 g/mol. The van der Waals surface area contributed by atoms with Crippen LogP contribution in [0.15, 0.2) is 22.6 Å². The summed E-state index contributed by atoms with van der Waals surface area (Å²) in [6, 6.07) is 5.08. The Kier molecular flexibility index (Phi) is 1.67. The maximum absolute atomic E-state index is 9.37. The first-order chi connectivity index (χ1) is 5.70. The third kappa shape index (κ3) is 0.958. The Bertz CT molecular complexity index is 434. The molecule has 0 aliphatic carbocycles. The Balaban J connectivity index is 2.97. The molecule has 0 spiro atoms. The lowest BCUT2D eigenvalue weighted by Crippen LogP contribution is -1.66. The van der Waals surface area contributed by atoms with Gasteiger partial charge in [-0.15, -0.1) is 0 Å². The van der Waals surface area contributed by atoms with Crippen molar-refractivity contribution in [3.8, 4) is 5.75 Å². The summed E-state index contributed by atoms with van der Waals surface area (Å²) in [5, 5.41) is 10.2. The van der Waals surface area contributed by atoms with Gasteiger partial charge in [-0.2, -0.15) is 0 Å². The molecule has 1 aromatic carbocycles. The zero-order chi connectivity index (χ0) is 8.72. The van der Waals surface area contributed by atoms with Crippen LogP contribution in [0.2, 0.25) is 10.2 Å². The normalized spacial score (nSPS) is 10.8. The fraction of sp³-hybridized carbons (Fsp3) is 0. The average Bonchev–Trinajstić information content (AvgIpc) is 2.29. The zero-order valence-electron chi connectivity index (χ0n) is 5.84. The highest BCUT2D eigenvalue weighted by molar-refractivity contribution is 6.38. The van der Waals surface area contributed by atoms with E-state index in [1.807, 2.05) is 0 Å². The van der Waals surface area contributed by atoms with Gasteiger partial charge in [-0.05, 0) is 23.7 Å². The third-order valence-electron chi connectivity index (χ3n) is 1.60. The molecule has 0 fully saturated rings. The van der Waals surface area contributed by atoms with Gasteiger partial charge in [-0.25, -0.2) is 0 Å². The van der Waals surface area contributed by atoms with Gasteiger partial charge in [0.1, 0.15) is 5.58 Å². The number of halogens is 2. The number of furan rings is 1. The Morgan fingerprint density at radius 1 is 1.25 bits per heavy atom. The van der Waals surface area contributed by atoms with Gasteiger partial charge in [0.2, 0.25) is 5.22 Å². The first kappa shape index (κ1) is 7.77. The minimum absolute atomic E-state index is 0.0295. The van der Waals surface area contributed by atoms with E-state index in [4.69, 9.17) is 27.6 Å². The van der Waals surface area contributed by atoms with Crippen LogP contribution in [-0.2, 0) is 0 Å². The van der Waals surface area contributed by atoms with Gasteiger partial charge >= 0.3 is 0 Å². The summed E-state index contributed by atoms with van der Waals surface area (Å²) < 4.78 is 5.01. The number of hydrogen-bond donors (Lipinski definition) is 1. The summed E-state index contributed by atoms with van der Waals surface area (Å²) in [6.07, 6.45) is 0. The fourth-order valence-corrected chi connectivity index (χ4v) is 1.50. The van der Waals surface area contributed by atoms with E-state index in [-0.39, 0.29) is 11.0 Å². The molecule has 0 radical (unpaired) electrons. The van der Waals surface area contributed by atoms with Crippen molar-refractivity contribution in [3.05, 3.63) is 28.4 Å². The lowest BCUT2D eigenvalue weighted by atomic mass is 10.2. The molecule has 0 aliphatic rings. The van der Waals surface area contributed by atoms with Gasteiger partial charge in [-0.3, -0.25) is 0 Å². The molecule has 4 heteroatoms. The lowest BCUT2D eigenvalue weighted by molar-refractivity contribution is 0.465. The van der Waals surface area contributed by atoms with Crippen molar-refractivity contribution < 1.29 is 9.52 Å². The highest BCUT2D eigenvalue weighted by Crippen LogP contribution is 2.39. The molecule has 1 aromatic heterocycles. The van der Waals surface area contributed by atoms with Crippen LogP contribution < -0.4 is 0 Å². The van der Waals surface area contributed by atoms with Crippen LogP contribution in [0.5, 0.6) is 5.75 Å². The molecule has 1 heterocycles. The van der Waals surface area contributed by atoms with Crippen LogP contribution >= 0.6 is 23.2 Å². The molecule has 0 saturated heterocycles. The quantitative estimate of drug-likeness (QED) is 0.711. The van der Waals surface area contributed by atoms with E-state index in [2.05, 4.69) is 0 Å². The highest BCUT2D eigenvalue weighted by atomic mass is 35.5. The molecular formula is C8H4Cl2O2. The molecular weight excluding hydrogens is 199 g/mol. The molecule has 0 aliphatic heterocycles.